The summed E-state index contributed by atoms with van der Waals surface area (Å²) in [6.07, 6.45) is 5.10. The van der Waals surface area contributed by atoms with E-state index in [2.05, 4.69) is 26.1 Å². The van der Waals surface area contributed by atoms with E-state index in [1.807, 2.05) is 21.0 Å². The highest BCUT2D eigenvalue weighted by Gasteiger charge is 2.35. The Kier molecular flexibility index (Phi) is 5.20. The number of hydrogen-bond acceptors (Lipinski definition) is 2. The monoisotopic (exact) mass is 254 g/mol. The van der Waals surface area contributed by atoms with Crippen molar-refractivity contribution in [2.45, 2.75) is 65.5 Å². The maximum atomic E-state index is 11.9. The minimum atomic E-state index is -0.0760. The van der Waals surface area contributed by atoms with Gasteiger partial charge < -0.3 is 10.2 Å². The van der Waals surface area contributed by atoms with E-state index >= 15 is 0 Å². The van der Waals surface area contributed by atoms with Crippen molar-refractivity contribution in [1.82, 2.24) is 10.2 Å². The highest BCUT2D eigenvalue weighted by Crippen LogP contribution is 2.38. The zero-order chi connectivity index (χ0) is 13.9. The fourth-order valence-corrected chi connectivity index (χ4v) is 3.15. The normalized spacial score (nSPS) is 26.8. The fraction of sp³-hybridized carbons (Fsp3) is 0.933. The van der Waals surface area contributed by atoms with Crippen LogP contribution in [0, 0.1) is 11.3 Å². The molecule has 0 saturated heterocycles. The number of nitrogens with one attached hydrogen (secondary N) is 1. The van der Waals surface area contributed by atoms with Crippen LogP contribution >= 0.6 is 0 Å². The van der Waals surface area contributed by atoms with E-state index in [0.717, 1.165) is 0 Å². The topological polar surface area (TPSA) is 32.3 Å². The molecule has 1 saturated carbocycles. The number of rotatable bonds is 3. The van der Waals surface area contributed by atoms with Gasteiger partial charge in [0.15, 0.2) is 0 Å². The van der Waals surface area contributed by atoms with Crippen LogP contribution in [0.2, 0.25) is 0 Å². The Balaban J connectivity index is 2.65. The van der Waals surface area contributed by atoms with Gasteiger partial charge in [0.2, 0.25) is 5.91 Å². The van der Waals surface area contributed by atoms with Crippen molar-refractivity contribution < 1.29 is 4.79 Å². The van der Waals surface area contributed by atoms with Gasteiger partial charge in [-0.3, -0.25) is 4.79 Å². The van der Waals surface area contributed by atoms with Crippen molar-refractivity contribution in [1.29, 1.82) is 0 Å². The summed E-state index contributed by atoms with van der Waals surface area (Å²) in [7, 11) is 3.64. The summed E-state index contributed by atoms with van der Waals surface area (Å²) in [6.45, 7) is 8.93. The molecule has 3 heteroatoms. The van der Waals surface area contributed by atoms with E-state index in [-0.39, 0.29) is 11.9 Å². The molecular weight excluding hydrogens is 224 g/mol. The van der Waals surface area contributed by atoms with Crippen LogP contribution in [-0.4, -0.2) is 37.0 Å². The highest BCUT2D eigenvalue weighted by molar-refractivity contribution is 5.80. The lowest BCUT2D eigenvalue weighted by Gasteiger charge is -2.42. The van der Waals surface area contributed by atoms with Crippen molar-refractivity contribution in [3.8, 4) is 0 Å². The van der Waals surface area contributed by atoms with Gasteiger partial charge in [-0.2, -0.15) is 0 Å². The predicted octanol–water partition coefficient (Wildman–Crippen LogP) is 2.66. The minimum Gasteiger partial charge on any atom is -0.347 e. The molecule has 1 amide bonds. The summed E-state index contributed by atoms with van der Waals surface area (Å²) >= 11 is 0. The maximum Gasteiger partial charge on any atom is 0.238 e. The van der Waals surface area contributed by atoms with Gasteiger partial charge in [0.05, 0.1) is 6.04 Å². The molecular formula is C15H30N2O. The average Bonchev–Trinajstić information content (AvgIpc) is 2.27. The molecule has 1 aliphatic carbocycles. The van der Waals surface area contributed by atoms with E-state index in [4.69, 9.17) is 0 Å². The van der Waals surface area contributed by atoms with Crippen LogP contribution in [0.1, 0.15) is 53.4 Å². The van der Waals surface area contributed by atoms with Gasteiger partial charge in [-0.05, 0) is 31.1 Å². The first-order valence-corrected chi connectivity index (χ1v) is 7.20. The maximum absolute atomic E-state index is 11.9. The number of carbonyl (C=O) groups excluding carboxylic acids is 1. The van der Waals surface area contributed by atoms with Crippen LogP contribution in [0.3, 0.4) is 0 Å². The number of nitrogens with zero attached hydrogens (tertiary/aromatic N) is 1. The number of likely N-dealkylation sites (N-methyl/N-ethyl adjacent to an activating group) is 1. The van der Waals surface area contributed by atoms with Gasteiger partial charge in [-0.15, -0.1) is 0 Å². The second kappa shape index (κ2) is 6.05. The SMILES string of the molecule is CC(NC1CCCCC1C(C)(C)C)C(=O)N(C)C. The molecule has 0 heterocycles. The quantitative estimate of drug-likeness (QED) is 0.840. The Morgan fingerprint density at radius 3 is 2.28 bits per heavy atom. The third-order valence-electron chi connectivity index (χ3n) is 4.15. The molecule has 3 unspecified atom stereocenters. The third kappa shape index (κ3) is 3.98. The molecule has 3 nitrogen and oxygen atoms in total. The van der Waals surface area contributed by atoms with E-state index in [0.29, 0.717) is 17.4 Å². The van der Waals surface area contributed by atoms with Crippen LogP contribution in [0.25, 0.3) is 0 Å². The van der Waals surface area contributed by atoms with Gasteiger partial charge in [-0.25, -0.2) is 0 Å². The van der Waals surface area contributed by atoms with Crippen LogP contribution in [-0.2, 0) is 4.79 Å². The molecule has 0 radical (unpaired) electrons. The molecule has 0 aromatic heterocycles. The molecule has 18 heavy (non-hydrogen) atoms. The lowest BCUT2D eigenvalue weighted by molar-refractivity contribution is -0.131. The molecule has 0 spiro atoms. The lowest BCUT2D eigenvalue weighted by Crippen LogP contribution is -2.52. The standard InChI is InChI=1S/C15H30N2O/c1-11(14(18)17(5)6)16-13-10-8-7-9-12(13)15(2,3)4/h11-13,16H,7-10H2,1-6H3. The molecule has 1 rings (SSSR count). The first-order chi connectivity index (χ1) is 8.23. The van der Waals surface area contributed by atoms with Gasteiger partial charge in [0.25, 0.3) is 0 Å². The average molecular weight is 254 g/mol. The largest absolute Gasteiger partial charge is 0.347 e. The summed E-state index contributed by atoms with van der Waals surface area (Å²) < 4.78 is 0. The molecule has 0 aromatic rings. The first kappa shape index (κ1) is 15.5. The second-order valence-corrected chi connectivity index (χ2v) is 6.98. The van der Waals surface area contributed by atoms with Gasteiger partial charge in [0, 0.05) is 20.1 Å². The van der Waals surface area contributed by atoms with Gasteiger partial charge in [0.1, 0.15) is 0 Å². The Hall–Kier alpha value is -0.570. The zero-order valence-corrected chi connectivity index (χ0v) is 12.9. The fourth-order valence-electron chi connectivity index (χ4n) is 3.15. The summed E-state index contributed by atoms with van der Waals surface area (Å²) in [5.74, 6) is 0.844. The Labute approximate surface area is 112 Å². The summed E-state index contributed by atoms with van der Waals surface area (Å²) in [4.78, 5) is 13.6. The van der Waals surface area contributed by atoms with Crippen LogP contribution in [0.4, 0.5) is 0 Å². The summed E-state index contributed by atoms with van der Waals surface area (Å²) in [6, 6.07) is 0.408. The number of amides is 1. The Bertz CT molecular complexity index is 281. The second-order valence-electron chi connectivity index (χ2n) is 6.98. The van der Waals surface area contributed by atoms with E-state index in [1.165, 1.54) is 25.7 Å². The smallest absolute Gasteiger partial charge is 0.238 e. The van der Waals surface area contributed by atoms with Crippen LogP contribution in [0.15, 0.2) is 0 Å². The minimum absolute atomic E-state index is 0.0760. The molecule has 0 aliphatic heterocycles. The lowest BCUT2D eigenvalue weighted by atomic mass is 9.69. The molecule has 0 aromatic carbocycles. The Morgan fingerprint density at radius 1 is 1.22 bits per heavy atom. The Morgan fingerprint density at radius 2 is 1.78 bits per heavy atom. The summed E-state index contributed by atoms with van der Waals surface area (Å²) in [5.41, 5.74) is 0.318. The van der Waals surface area contributed by atoms with E-state index in [9.17, 15) is 4.79 Å². The molecule has 1 N–H and O–H groups in total. The van der Waals surface area contributed by atoms with E-state index < -0.39 is 0 Å². The van der Waals surface area contributed by atoms with Crippen molar-refractivity contribution in [3.05, 3.63) is 0 Å². The van der Waals surface area contributed by atoms with Crippen LogP contribution in [0.5, 0.6) is 0 Å². The highest BCUT2D eigenvalue weighted by atomic mass is 16.2. The van der Waals surface area contributed by atoms with Gasteiger partial charge >= 0.3 is 0 Å². The number of hydrogen-bond donors (Lipinski definition) is 1. The summed E-state index contributed by atoms with van der Waals surface area (Å²) in [5, 5.41) is 3.57. The van der Waals surface area contributed by atoms with Crippen molar-refractivity contribution in [2.75, 3.05) is 14.1 Å². The molecule has 0 bridgehead atoms. The van der Waals surface area contributed by atoms with E-state index in [1.54, 1.807) is 4.90 Å². The molecule has 1 fully saturated rings. The van der Waals surface area contributed by atoms with Crippen molar-refractivity contribution in [3.63, 3.8) is 0 Å². The first-order valence-electron chi connectivity index (χ1n) is 7.20. The van der Waals surface area contributed by atoms with Crippen molar-refractivity contribution >= 4 is 5.91 Å². The molecule has 3 atom stereocenters. The van der Waals surface area contributed by atoms with Crippen LogP contribution < -0.4 is 5.32 Å². The van der Waals surface area contributed by atoms with Crippen molar-refractivity contribution in [2.24, 2.45) is 11.3 Å². The zero-order valence-electron chi connectivity index (χ0n) is 12.9. The predicted molar refractivity (Wildman–Crippen MR) is 76.5 cm³/mol. The number of carbonyl (C=O) groups is 1. The molecule has 1 aliphatic rings. The third-order valence-corrected chi connectivity index (χ3v) is 4.15. The molecule has 106 valence electrons. The van der Waals surface area contributed by atoms with Gasteiger partial charge in [-0.1, -0.05) is 33.6 Å².